The quantitative estimate of drug-likeness (QED) is 0.888. The molecule has 0 bridgehead atoms. The topological polar surface area (TPSA) is 50.8 Å². The molecule has 2 aromatic carbocycles. The highest BCUT2D eigenvalue weighted by Gasteiger charge is 2.16. The number of nitrogens with zero attached hydrogens (tertiary/aromatic N) is 1. The third-order valence-electron chi connectivity index (χ3n) is 4.08. The Morgan fingerprint density at radius 2 is 2.04 bits per heavy atom. The van der Waals surface area contributed by atoms with E-state index < -0.39 is 0 Å². The Balaban J connectivity index is 1.74. The lowest BCUT2D eigenvalue weighted by Gasteiger charge is -2.30. The third kappa shape index (κ3) is 4.65. The Morgan fingerprint density at radius 3 is 2.80 bits per heavy atom. The zero-order valence-corrected chi connectivity index (χ0v) is 14.9. The van der Waals surface area contributed by atoms with E-state index in [1.165, 1.54) is 0 Å². The van der Waals surface area contributed by atoms with Crippen molar-refractivity contribution in [1.82, 2.24) is 0 Å². The summed E-state index contributed by atoms with van der Waals surface area (Å²) < 4.78 is 10.6. The molecule has 6 heteroatoms. The summed E-state index contributed by atoms with van der Waals surface area (Å²) in [5, 5.41) is 3.58. The number of benzene rings is 2. The standard InChI is InChI=1S/C19H21ClN2O3/c1-24-16-4-2-3-14(11-16)12-19(23)21-17-13-15(20)5-6-18(17)22-7-9-25-10-8-22/h2-6,11,13H,7-10,12H2,1H3,(H,21,23). The first-order chi connectivity index (χ1) is 12.2. The average Bonchev–Trinajstić information content (AvgIpc) is 2.62. The number of hydrogen-bond acceptors (Lipinski definition) is 4. The van der Waals surface area contributed by atoms with Crippen LogP contribution in [0.15, 0.2) is 42.5 Å². The van der Waals surface area contributed by atoms with Gasteiger partial charge >= 0.3 is 0 Å². The monoisotopic (exact) mass is 360 g/mol. The zero-order chi connectivity index (χ0) is 17.6. The van der Waals surface area contributed by atoms with Crippen molar-refractivity contribution in [2.24, 2.45) is 0 Å². The van der Waals surface area contributed by atoms with Crippen molar-refractivity contribution >= 4 is 28.9 Å². The van der Waals surface area contributed by atoms with Crippen LogP contribution in [0.5, 0.6) is 5.75 Å². The van der Waals surface area contributed by atoms with Crippen molar-refractivity contribution in [1.29, 1.82) is 0 Å². The number of hydrogen-bond donors (Lipinski definition) is 1. The van der Waals surface area contributed by atoms with E-state index in [-0.39, 0.29) is 12.3 Å². The van der Waals surface area contributed by atoms with E-state index in [0.29, 0.717) is 18.2 Å². The zero-order valence-electron chi connectivity index (χ0n) is 14.1. The van der Waals surface area contributed by atoms with Crippen molar-refractivity contribution < 1.29 is 14.3 Å². The van der Waals surface area contributed by atoms with Gasteiger partial charge in [-0.25, -0.2) is 0 Å². The summed E-state index contributed by atoms with van der Waals surface area (Å²) in [7, 11) is 1.61. The van der Waals surface area contributed by atoms with E-state index in [0.717, 1.165) is 35.8 Å². The van der Waals surface area contributed by atoms with Gasteiger partial charge in [-0.15, -0.1) is 0 Å². The van der Waals surface area contributed by atoms with E-state index in [1.54, 1.807) is 13.2 Å². The van der Waals surface area contributed by atoms with Gasteiger partial charge in [0.25, 0.3) is 0 Å². The summed E-state index contributed by atoms with van der Waals surface area (Å²) >= 11 is 6.13. The Labute approximate surface area is 152 Å². The van der Waals surface area contributed by atoms with E-state index >= 15 is 0 Å². The Hall–Kier alpha value is -2.24. The van der Waals surface area contributed by atoms with E-state index in [4.69, 9.17) is 21.1 Å². The van der Waals surface area contributed by atoms with Crippen LogP contribution in [0.3, 0.4) is 0 Å². The Morgan fingerprint density at radius 1 is 1.24 bits per heavy atom. The molecule has 2 aromatic rings. The molecule has 3 rings (SSSR count). The number of morpholine rings is 1. The lowest BCUT2D eigenvalue weighted by molar-refractivity contribution is -0.115. The molecule has 1 heterocycles. The van der Waals surface area contributed by atoms with E-state index in [2.05, 4.69) is 10.2 Å². The molecule has 1 N–H and O–H groups in total. The van der Waals surface area contributed by atoms with Gasteiger partial charge in [-0.3, -0.25) is 4.79 Å². The van der Waals surface area contributed by atoms with Crippen LogP contribution in [0.2, 0.25) is 5.02 Å². The highest BCUT2D eigenvalue weighted by atomic mass is 35.5. The summed E-state index contributed by atoms with van der Waals surface area (Å²) in [5.41, 5.74) is 2.58. The average molecular weight is 361 g/mol. The number of ether oxygens (including phenoxy) is 2. The van der Waals surface area contributed by atoms with Crippen molar-refractivity contribution in [3.63, 3.8) is 0 Å². The van der Waals surface area contributed by atoms with Crippen LogP contribution < -0.4 is 15.0 Å². The fraction of sp³-hybridized carbons (Fsp3) is 0.316. The first kappa shape index (κ1) is 17.6. The molecule has 0 aliphatic carbocycles. The second kappa shape index (κ2) is 8.23. The molecule has 0 radical (unpaired) electrons. The molecule has 0 unspecified atom stereocenters. The molecule has 1 aliphatic heterocycles. The minimum Gasteiger partial charge on any atom is -0.497 e. The number of halogens is 1. The van der Waals surface area contributed by atoms with Gasteiger partial charge in [0.2, 0.25) is 5.91 Å². The van der Waals surface area contributed by atoms with Gasteiger partial charge in [-0.2, -0.15) is 0 Å². The maximum atomic E-state index is 12.5. The molecule has 132 valence electrons. The number of carbonyl (C=O) groups excluding carboxylic acids is 1. The summed E-state index contributed by atoms with van der Waals surface area (Å²) in [5.74, 6) is 0.645. The van der Waals surface area contributed by atoms with Gasteiger partial charge in [0, 0.05) is 18.1 Å². The van der Waals surface area contributed by atoms with Gasteiger partial charge in [-0.05, 0) is 35.9 Å². The highest BCUT2D eigenvalue weighted by Crippen LogP contribution is 2.30. The van der Waals surface area contributed by atoms with Crippen molar-refractivity contribution in [3.05, 3.63) is 53.1 Å². The van der Waals surface area contributed by atoms with E-state index in [1.807, 2.05) is 36.4 Å². The largest absolute Gasteiger partial charge is 0.497 e. The smallest absolute Gasteiger partial charge is 0.228 e. The highest BCUT2D eigenvalue weighted by molar-refractivity contribution is 6.31. The lowest BCUT2D eigenvalue weighted by Crippen LogP contribution is -2.36. The predicted molar refractivity (Wildman–Crippen MR) is 99.8 cm³/mol. The minimum absolute atomic E-state index is 0.0926. The Bertz CT molecular complexity index is 745. The van der Waals surface area contributed by atoms with Crippen LogP contribution in [0.4, 0.5) is 11.4 Å². The molecule has 1 amide bonds. The number of amides is 1. The van der Waals surface area contributed by atoms with Gasteiger partial charge in [0.05, 0.1) is 38.1 Å². The molecule has 25 heavy (non-hydrogen) atoms. The fourth-order valence-electron chi connectivity index (χ4n) is 2.85. The van der Waals surface area contributed by atoms with Gasteiger partial charge in [-0.1, -0.05) is 23.7 Å². The molecule has 1 saturated heterocycles. The molecule has 0 spiro atoms. The second-order valence-corrected chi connectivity index (χ2v) is 6.27. The van der Waals surface area contributed by atoms with Gasteiger partial charge < -0.3 is 19.7 Å². The molecule has 5 nitrogen and oxygen atoms in total. The first-order valence-corrected chi connectivity index (χ1v) is 8.58. The molecular weight excluding hydrogens is 340 g/mol. The summed E-state index contributed by atoms with van der Waals surface area (Å²) in [6.45, 7) is 2.94. The van der Waals surface area contributed by atoms with Crippen LogP contribution >= 0.6 is 11.6 Å². The van der Waals surface area contributed by atoms with E-state index in [9.17, 15) is 4.79 Å². The first-order valence-electron chi connectivity index (χ1n) is 8.21. The van der Waals surface area contributed by atoms with Gasteiger partial charge in [0.15, 0.2) is 0 Å². The van der Waals surface area contributed by atoms with Crippen LogP contribution in [0.1, 0.15) is 5.56 Å². The maximum Gasteiger partial charge on any atom is 0.228 e. The number of nitrogens with one attached hydrogen (secondary N) is 1. The van der Waals surface area contributed by atoms with Crippen LogP contribution in [0, 0.1) is 0 Å². The molecule has 0 saturated carbocycles. The van der Waals surface area contributed by atoms with Gasteiger partial charge in [0.1, 0.15) is 5.75 Å². The van der Waals surface area contributed by atoms with Crippen molar-refractivity contribution in [2.45, 2.75) is 6.42 Å². The lowest BCUT2D eigenvalue weighted by atomic mass is 10.1. The number of methoxy groups -OCH3 is 1. The normalized spacial score (nSPS) is 14.2. The predicted octanol–water partition coefficient (Wildman–Crippen LogP) is 3.37. The molecule has 0 aromatic heterocycles. The molecule has 1 fully saturated rings. The number of anilines is 2. The molecular formula is C19H21ClN2O3. The van der Waals surface area contributed by atoms with Crippen LogP contribution in [0.25, 0.3) is 0 Å². The van der Waals surface area contributed by atoms with Crippen LogP contribution in [-0.2, 0) is 16.0 Å². The second-order valence-electron chi connectivity index (χ2n) is 5.84. The third-order valence-corrected chi connectivity index (χ3v) is 4.32. The maximum absolute atomic E-state index is 12.5. The number of rotatable bonds is 5. The SMILES string of the molecule is COc1cccc(CC(=O)Nc2cc(Cl)ccc2N2CCOCC2)c1. The number of carbonyl (C=O) groups is 1. The minimum atomic E-state index is -0.0926. The summed E-state index contributed by atoms with van der Waals surface area (Å²) in [6, 6.07) is 13.1. The summed E-state index contributed by atoms with van der Waals surface area (Å²) in [6.07, 6.45) is 0.270. The molecule has 1 aliphatic rings. The van der Waals surface area contributed by atoms with Crippen molar-refractivity contribution in [2.75, 3.05) is 43.6 Å². The Kier molecular flexibility index (Phi) is 5.79. The fourth-order valence-corrected chi connectivity index (χ4v) is 3.02. The van der Waals surface area contributed by atoms with Crippen LogP contribution in [-0.4, -0.2) is 39.3 Å². The summed E-state index contributed by atoms with van der Waals surface area (Å²) in [4.78, 5) is 14.7. The molecule has 0 atom stereocenters. The van der Waals surface area contributed by atoms with Crippen molar-refractivity contribution in [3.8, 4) is 5.75 Å².